The number of rotatable bonds is 6. The van der Waals surface area contributed by atoms with Gasteiger partial charge in [0.25, 0.3) is 11.5 Å². The van der Waals surface area contributed by atoms with Gasteiger partial charge < -0.3 is 9.88 Å². The number of aromatic nitrogens is 1. The molecular formula is C20H21FN2O3. The molecule has 1 saturated carbocycles. The molecule has 0 saturated heterocycles. The molecule has 0 aliphatic heterocycles. The first-order valence-corrected chi connectivity index (χ1v) is 8.64. The summed E-state index contributed by atoms with van der Waals surface area (Å²) in [5.74, 6) is -0.506. The molecule has 0 radical (unpaired) electrons. The van der Waals surface area contributed by atoms with Crippen LogP contribution in [0.2, 0.25) is 0 Å². The second kappa shape index (κ2) is 7.23. The molecule has 136 valence electrons. The quantitative estimate of drug-likeness (QED) is 0.809. The van der Waals surface area contributed by atoms with Gasteiger partial charge in [0.05, 0.1) is 6.54 Å². The highest BCUT2D eigenvalue weighted by atomic mass is 19.1. The Kier molecular flexibility index (Phi) is 5.02. The van der Waals surface area contributed by atoms with E-state index in [1.54, 1.807) is 19.1 Å². The van der Waals surface area contributed by atoms with Crippen LogP contribution in [0.15, 0.2) is 35.3 Å². The zero-order valence-corrected chi connectivity index (χ0v) is 14.8. The van der Waals surface area contributed by atoms with Gasteiger partial charge in [0, 0.05) is 25.2 Å². The van der Waals surface area contributed by atoms with Crippen molar-refractivity contribution in [3.05, 3.63) is 68.9 Å². The number of halogens is 1. The molecule has 0 atom stereocenters. The fourth-order valence-electron chi connectivity index (χ4n) is 2.91. The van der Waals surface area contributed by atoms with E-state index >= 15 is 0 Å². The van der Waals surface area contributed by atoms with Gasteiger partial charge in [-0.05, 0) is 48.9 Å². The Morgan fingerprint density at radius 1 is 1.27 bits per heavy atom. The van der Waals surface area contributed by atoms with E-state index in [2.05, 4.69) is 5.32 Å². The molecule has 1 heterocycles. The van der Waals surface area contributed by atoms with Crippen molar-refractivity contribution in [3.63, 3.8) is 0 Å². The molecule has 1 aromatic carbocycles. The van der Waals surface area contributed by atoms with Gasteiger partial charge in [0.2, 0.25) is 0 Å². The highest BCUT2D eigenvalue weighted by Crippen LogP contribution is 2.33. The van der Waals surface area contributed by atoms with E-state index in [0.29, 0.717) is 23.5 Å². The SMILES string of the molecule is CNC(=O)c1cc(C(=O)CC2CC2)cn(Cc2ccc(F)c(C)c2)c1=O. The largest absolute Gasteiger partial charge is 0.355 e. The summed E-state index contributed by atoms with van der Waals surface area (Å²) in [6, 6.07) is 5.96. The lowest BCUT2D eigenvalue weighted by molar-refractivity contribution is 0.0961. The summed E-state index contributed by atoms with van der Waals surface area (Å²) in [7, 11) is 1.44. The molecular weight excluding hydrogens is 335 g/mol. The van der Waals surface area contributed by atoms with Gasteiger partial charge in [-0.1, -0.05) is 12.1 Å². The van der Waals surface area contributed by atoms with Gasteiger partial charge in [-0.3, -0.25) is 14.4 Å². The third-order valence-corrected chi connectivity index (χ3v) is 4.63. The number of benzene rings is 1. The standard InChI is InChI=1S/C20H21FN2O3/c1-12-7-14(5-6-17(12)21)10-23-11-15(18(24)8-13-3-4-13)9-16(20(23)26)19(25)22-2/h5-7,9,11,13H,3-4,8,10H2,1-2H3,(H,22,25). The Hall–Kier alpha value is -2.76. The zero-order chi connectivity index (χ0) is 18.8. The fourth-order valence-corrected chi connectivity index (χ4v) is 2.91. The van der Waals surface area contributed by atoms with Crippen LogP contribution in [-0.4, -0.2) is 23.3 Å². The smallest absolute Gasteiger partial charge is 0.263 e. The van der Waals surface area contributed by atoms with Crippen molar-refractivity contribution in [1.29, 1.82) is 0 Å². The molecule has 0 spiro atoms. The van der Waals surface area contributed by atoms with Gasteiger partial charge in [0.15, 0.2) is 5.78 Å². The molecule has 1 amide bonds. The summed E-state index contributed by atoms with van der Waals surface area (Å²) in [6.45, 7) is 1.81. The molecule has 1 fully saturated rings. The lowest BCUT2D eigenvalue weighted by Gasteiger charge is -2.12. The molecule has 1 aliphatic rings. The average Bonchev–Trinajstić information content (AvgIpc) is 3.43. The number of ketones is 1. The highest BCUT2D eigenvalue weighted by Gasteiger charge is 2.26. The van der Waals surface area contributed by atoms with Crippen LogP contribution in [0, 0.1) is 18.7 Å². The van der Waals surface area contributed by atoms with E-state index in [9.17, 15) is 18.8 Å². The summed E-state index contributed by atoms with van der Waals surface area (Å²) < 4.78 is 14.8. The van der Waals surface area contributed by atoms with Crippen molar-refractivity contribution in [2.24, 2.45) is 5.92 Å². The van der Waals surface area contributed by atoms with Crippen LogP contribution in [0.4, 0.5) is 4.39 Å². The Labute approximate surface area is 150 Å². The monoisotopic (exact) mass is 356 g/mol. The summed E-state index contributed by atoms with van der Waals surface area (Å²) in [5, 5.41) is 2.44. The number of Topliss-reactive ketones (excluding diaryl/α,β-unsaturated/α-hetero) is 1. The van der Waals surface area contributed by atoms with Crippen molar-refractivity contribution in [1.82, 2.24) is 9.88 Å². The van der Waals surface area contributed by atoms with Gasteiger partial charge in [0.1, 0.15) is 11.4 Å². The summed E-state index contributed by atoms with van der Waals surface area (Å²) in [4.78, 5) is 37.2. The van der Waals surface area contributed by atoms with E-state index in [-0.39, 0.29) is 23.7 Å². The Morgan fingerprint density at radius 3 is 2.62 bits per heavy atom. The van der Waals surface area contributed by atoms with E-state index in [1.165, 1.54) is 29.9 Å². The first-order valence-electron chi connectivity index (χ1n) is 8.64. The highest BCUT2D eigenvalue weighted by molar-refractivity contribution is 6.00. The minimum atomic E-state index is -0.528. The van der Waals surface area contributed by atoms with E-state index in [4.69, 9.17) is 0 Å². The van der Waals surface area contributed by atoms with Crippen molar-refractivity contribution in [3.8, 4) is 0 Å². The molecule has 26 heavy (non-hydrogen) atoms. The van der Waals surface area contributed by atoms with Crippen LogP contribution >= 0.6 is 0 Å². The number of pyridine rings is 1. The number of nitrogens with one attached hydrogen (secondary N) is 1. The van der Waals surface area contributed by atoms with Crippen LogP contribution in [0.5, 0.6) is 0 Å². The minimum absolute atomic E-state index is 0.0621. The van der Waals surface area contributed by atoms with Crippen molar-refractivity contribution in [2.75, 3.05) is 7.05 Å². The number of carbonyl (C=O) groups excluding carboxylic acids is 2. The maximum absolute atomic E-state index is 13.5. The maximum atomic E-state index is 13.5. The predicted octanol–water partition coefficient (Wildman–Crippen LogP) is 2.69. The zero-order valence-electron chi connectivity index (χ0n) is 14.8. The number of carbonyl (C=O) groups is 2. The lowest BCUT2D eigenvalue weighted by atomic mass is 10.0. The molecule has 5 nitrogen and oxygen atoms in total. The number of hydrogen-bond donors (Lipinski definition) is 1. The van der Waals surface area contributed by atoms with Crippen molar-refractivity contribution in [2.45, 2.75) is 32.7 Å². The number of amides is 1. The number of aryl methyl sites for hydroxylation is 1. The molecule has 0 bridgehead atoms. The van der Waals surface area contributed by atoms with Crippen LogP contribution < -0.4 is 10.9 Å². The summed E-state index contributed by atoms with van der Waals surface area (Å²) >= 11 is 0. The third kappa shape index (κ3) is 3.90. The molecule has 1 N–H and O–H groups in total. The Morgan fingerprint density at radius 2 is 2.00 bits per heavy atom. The summed E-state index contributed by atoms with van der Waals surface area (Å²) in [6.07, 6.45) is 4.02. The number of hydrogen-bond acceptors (Lipinski definition) is 3. The van der Waals surface area contributed by atoms with Crippen LogP contribution in [0.1, 0.15) is 51.1 Å². The van der Waals surface area contributed by atoms with Crippen LogP contribution in [0.3, 0.4) is 0 Å². The second-order valence-corrected chi connectivity index (χ2v) is 6.81. The minimum Gasteiger partial charge on any atom is -0.355 e. The Balaban J connectivity index is 2.00. The lowest BCUT2D eigenvalue weighted by Crippen LogP contribution is -2.32. The first-order chi connectivity index (χ1) is 12.4. The maximum Gasteiger partial charge on any atom is 0.263 e. The molecule has 2 aromatic rings. The van der Waals surface area contributed by atoms with Gasteiger partial charge in [-0.15, -0.1) is 0 Å². The number of nitrogens with zero attached hydrogens (tertiary/aromatic N) is 1. The Bertz CT molecular complexity index is 929. The molecule has 3 rings (SSSR count). The van der Waals surface area contributed by atoms with Crippen LogP contribution in [-0.2, 0) is 6.54 Å². The van der Waals surface area contributed by atoms with E-state index in [1.807, 2.05) is 0 Å². The predicted molar refractivity (Wildman–Crippen MR) is 96.0 cm³/mol. The van der Waals surface area contributed by atoms with Gasteiger partial charge in [-0.2, -0.15) is 0 Å². The van der Waals surface area contributed by atoms with Crippen molar-refractivity contribution >= 4 is 11.7 Å². The van der Waals surface area contributed by atoms with Crippen LogP contribution in [0.25, 0.3) is 0 Å². The van der Waals surface area contributed by atoms with E-state index < -0.39 is 11.5 Å². The summed E-state index contributed by atoms with van der Waals surface area (Å²) in [5.41, 5.74) is 1.01. The normalized spacial score (nSPS) is 13.5. The molecule has 1 aliphatic carbocycles. The fraction of sp³-hybridized carbons (Fsp3) is 0.350. The topological polar surface area (TPSA) is 68.2 Å². The van der Waals surface area contributed by atoms with Gasteiger partial charge >= 0.3 is 0 Å². The molecule has 1 aromatic heterocycles. The van der Waals surface area contributed by atoms with Crippen molar-refractivity contribution < 1.29 is 14.0 Å². The third-order valence-electron chi connectivity index (χ3n) is 4.63. The molecule has 0 unspecified atom stereocenters. The second-order valence-electron chi connectivity index (χ2n) is 6.81. The molecule has 6 heteroatoms. The first kappa shape index (κ1) is 18.0. The van der Waals surface area contributed by atoms with Gasteiger partial charge in [-0.25, -0.2) is 4.39 Å². The van der Waals surface area contributed by atoms with E-state index in [0.717, 1.165) is 18.4 Å². The average molecular weight is 356 g/mol.